The lowest BCUT2D eigenvalue weighted by Gasteiger charge is -2.24. The molecule has 6 rings (SSSR count). The van der Waals surface area contributed by atoms with Gasteiger partial charge in [-0.05, 0) is 79.3 Å². The largest absolute Gasteiger partial charge is 0.507 e. The van der Waals surface area contributed by atoms with Crippen molar-refractivity contribution < 1.29 is 28.9 Å². The van der Waals surface area contributed by atoms with Crippen molar-refractivity contribution in [3.63, 3.8) is 0 Å². The van der Waals surface area contributed by atoms with Crippen LogP contribution in [0, 0.1) is 19.8 Å². The van der Waals surface area contributed by atoms with Crippen LogP contribution in [0.5, 0.6) is 17.2 Å². The number of rotatable bonds is 7. The van der Waals surface area contributed by atoms with E-state index in [9.17, 15) is 14.7 Å². The third-order valence-corrected chi connectivity index (χ3v) is 8.42. The van der Waals surface area contributed by atoms with Crippen molar-refractivity contribution in [1.29, 1.82) is 0 Å². The summed E-state index contributed by atoms with van der Waals surface area (Å²) >= 11 is 1.35. The van der Waals surface area contributed by atoms with Crippen LogP contribution in [0.15, 0.2) is 60.2 Å². The fourth-order valence-corrected chi connectivity index (χ4v) is 6.51. The Balaban J connectivity index is 1.50. The van der Waals surface area contributed by atoms with Gasteiger partial charge in [0, 0.05) is 5.56 Å². The van der Waals surface area contributed by atoms with E-state index in [0.717, 1.165) is 27.8 Å². The maximum Gasteiger partial charge on any atom is 0.301 e. The van der Waals surface area contributed by atoms with E-state index in [4.69, 9.17) is 19.2 Å². The standard InChI is InChI=1S/C33H32N2O6S/c1-18(2)10-11-39-23-7-5-6-21(16-23)29-27(30(36)22-8-9-24-25(17-22)41-13-12-40-24)31(37)32(38)35(29)33-34-28-20(4)14-19(3)15-26(28)42-33/h5-9,14-18,29,36H,10-13H2,1-4H3/b30-27+/t29-/m1/s1. The predicted molar refractivity (Wildman–Crippen MR) is 163 cm³/mol. The van der Waals surface area contributed by atoms with Crippen molar-refractivity contribution in [2.45, 2.75) is 40.2 Å². The number of aliphatic hydroxyl groups excluding tert-OH is 1. The van der Waals surface area contributed by atoms with Gasteiger partial charge in [0.1, 0.15) is 24.7 Å². The molecule has 216 valence electrons. The normalized spacial score (nSPS) is 17.8. The lowest BCUT2D eigenvalue weighted by atomic mass is 9.95. The summed E-state index contributed by atoms with van der Waals surface area (Å²) in [5.74, 6) is 0.294. The number of hydrogen-bond donors (Lipinski definition) is 1. The molecule has 2 aliphatic heterocycles. The van der Waals surface area contributed by atoms with Crippen LogP contribution in [0.1, 0.15) is 48.6 Å². The molecule has 0 spiro atoms. The highest BCUT2D eigenvalue weighted by Crippen LogP contribution is 2.46. The number of ether oxygens (including phenoxy) is 3. The third-order valence-electron chi connectivity index (χ3n) is 7.42. The Bertz CT molecular complexity index is 1740. The summed E-state index contributed by atoms with van der Waals surface area (Å²) in [5, 5.41) is 12.0. The third kappa shape index (κ3) is 5.09. The van der Waals surface area contributed by atoms with Gasteiger partial charge in [-0.2, -0.15) is 0 Å². The second kappa shape index (κ2) is 11.1. The molecule has 3 aromatic carbocycles. The fourth-order valence-electron chi connectivity index (χ4n) is 5.34. The van der Waals surface area contributed by atoms with E-state index < -0.39 is 17.7 Å². The number of nitrogens with zero attached hydrogens (tertiary/aromatic N) is 2. The topological polar surface area (TPSA) is 98.2 Å². The molecule has 1 N–H and O–H groups in total. The summed E-state index contributed by atoms with van der Waals surface area (Å²) in [6.07, 6.45) is 0.886. The van der Waals surface area contributed by atoms with Gasteiger partial charge in [0.25, 0.3) is 5.78 Å². The monoisotopic (exact) mass is 584 g/mol. The van der Waals surface area contributed by atoms with Crippen LogP contribution >= 0.6 is 11.3 Å². The van der Waals surface area contributed by atoms with Crippen LogP contribution < -0.4 is 19.1 Å². The highest BCUT2D eigenvalue weighted by molar-refractivity contribution is 7.22. The number of aromatic nitrogens is 1. The number of fused-ring (bicyclic) bond motifs is 2. The molecule has 1 atom stereocenters. The molecule has 9 heteroatoms. The lowest BCUT2D eigenvalue weighted by molar-refractivity contribution is -0.132. The van der Waals surface area contributed by atoms with Crippen molar-refractivity contribution in [2.75, 3.05) is 24.7 Å². The summed E-state index contributed by atoms with van der Waals surface area (Å²) in [6, 6.07) is 15.4. The second-order valence-corrected chi connectivity index (χ2v) is 12.1. The molecular formula is C33H32N2O6S. The SMILES string of the molecule is Cc1cc(C)c2nc(N3C(=O)C(=O)/C(=C(/O)c4ccc5c(c4)OCCO5)[C@H]3c3cccc(OCCC(C)C)c3)sc2c1. The second-order valence-electron chi connectivity index (χ2n) is 11.1. The van der Waals surface area contributed by atoms with E-state index in [1.54, 1.807) is 18.2 Å². The van der Waals surface area contributed by atoms with Gasteiger partial charge in [-0.25, -0.2) is 4.98 Å². The van der Waals surface area contributed by atoms with Gasteiger partial charge in [-0.1, -0.05) is 43.4 Å². The van der Waals surface area contributed by atoms with Gasteiger partial charge in [0.15, 0.2) is 16.6 Å². The Kier molecular flexibility index (Phi) is 7.36. The highest BCUT2D eigenvalue weighted by atomic mass is 32.1. The molecule has 0 bridgehead atoms. The summed E-state index contributed by atoms with van der Waals surface area (Å²) in [6.45, 7) is 9.59. The van der Waals surface area contributed by atoms with Gasteiger partial charge in [-0.3, -0.25) is 14.5 Å². The van der Waals surface area contributed by atoms with Crippen molar-refractivity contribution in [3.8, 4) is 17.2 Å². The molecule has 1 fully saturated rings. The van der Waals surface area contributed by atoms with Crippen LogP contribution in [0.25, 0.3) is 16.0 Å². The van der Waals surface area contributed by atoms with Crippen LogP contribution in [-0.2, 0) is 9.59 Å². The number of Topliss-reactive ketones (excluding diaryl/α,β-unsaturated/α-hetero) is 1. The Morgan fingerprint density at radius 1 is 1.07 bits per heavy atom. The number of aliphatic hydroxyl groups is 1. The number of carbonyl (C=O) groups is 2. The van der Waals surface area contributed by atoms with E-state index in [1.165, 1.54) is 16.2 Å². The number of amides is 1. The van der Waals surface area contributed by atoms with Crippen LogP contribution in [0.2, 0.25) is 0 Å². The minimum Gasteiger partial charge on any atom is -0.507 e. The Labute approximate surface area is 248 Å². The molecule has 0 saturated carbocycles. The van der Waals surface area contributed by atoms with Crippen molar-refractivity contribution in [3.05, 3.63) is 82.4 Å². The minimum absolute atomic E-state index is 0.0248. The first-order chi connectivity index (χ1) is 20.2. The van der Waals surface area contributed by atoms with E-state index >= 15 is 0 Å². The Morgan fingerprint density at radius 2 is 1.86 bits per heavy atom. The molecule has 1 amide bonds. The van der Waals surface area contributed by atoms with E-state index in [2.05, 4.69) is 13.8 Å². The van der Waals surface area contributed by atoms with Crippen molar-refractivity contribution in [1.82, 2.24) is 4.98 Å². The predicted octanol–water partition coefficient (Wildman–Crippen LogP) is 6.74. The smallest absolute Gasteiger partial charge is 0.301 e. The zero-order chi connectivity index (χ0) is 29.5. The van der Waals surface area contributed by atoms with E-state index in [0.29, 0.717) is 59.2 Å². The maximum absolute atomic E-state index is 13.8. The molecule has 2 aliphatic rings. The molecule has 3 heterocycles. The zero-order valence-electron chi connectivity index (χ0n) is 24.0. The zero-order valence-corrected chi connectivity index (χ0v) is 24.8. The summed E-state index contributed by atoms with van der Waals surface area (Å²) in [7, 11) is 0. The van der Waals surface area contributed by atoms with Crippen LogP contribution in [0.3, 0.4) is 0 Å². The number of ketones is 1. The van der Waals surface area contributed by atoms with Gasteiger partial charge < -0.3 is 19.3 Å². The molecule has 42 heavy (non-hydrogen) atoms. The first kappa shape index (κ1) is 27.8. The Hall–Kier alpha value is -4.37. The first-order valence-corrected chi connectivity index (χ1v) is 14.8. The summed E-state index contributed by atoms with van der Waals surface area (Å²) < 4.78 is 18.3. The molecule has 0 unspecified atom stereocenters. The lowest BCUT2D eigenvalue weighted by Crippen LogP contribution is -2.29. The van der Waals surface area contributed by atoms with Gasteiger partial charge in [0.05, 0.1) is 28.4 Å². The molecule has 1 aromatic heterocycles. The molecule has 0 aliphatic carbocycles. The van der Waals surface area contributed by atoms with E-state index in [-0.39, 0.29) is 11.3 Å². The Morgan fingerprint density at radius 3 is 2.64 bits per heavy atom. The number of anilines is 1. The average Bonchev–Trinajstić information content (AvgIpc) is 3.50. The number of thiazole rings is 1. The summed E-state index contributed by atoms with van der Waals surface area (Å²) in [5.41, 5.74) is 3.79. The summed E-state index contributed by atoms with van der Waals surface area (Å²) in [4.78, 5) is 33.7. The molecule has 1 saturated heterocycles. The van der Waals surface area contributed by atoms with Crippen LogP contribution in [0.4, 0.5) is 5.13 Å². The number of benzene rings is 3. The average molecular weight is 585 g/mol. The highest BCUT2D eigenvalue weighted by Gasteiger charge is 2.48. The van der Waals surface area contributed by atoms with Crippen molar-refractivity contribution in [2.24, 2.45) is 5.92 Å². The molecular weight excluding hydrogens is 552 g/mol. The van der Waals surface area contributed by atoms with E-state index in [1.807, 2.05) is 50.2 Å². The first-order valence-electron chi connectivity index (χ1n) is 14.0. The molecule has 4 aromatic rings. The number of aryl methyl sites for hydroxylation is 2. The quantitative estimate of drug-likeness (QED) is 0.146. The van der Waals surface area contributed by atoms with Crippen molar-refractivity contribution >= 4 is 44.1 Å². The fraction of sp³-hybridized carbons (Fsp3) is 0.303. The van der Waals surface area contributed by atoms with Gasteiger partial charge in [-0.15, -0.1) is 0 Å². The van der Waals surface area contributed by atoms with Gasteiger partial charge in [0.2, 0.25) is 0 Å². The number of carbonyl (C=O) groups excluding carboxylic acids is 2. The molecule has 0 radical (unpaired) electrons. The maximum atomic E-state index is 13.8. The number of hydrogen-bond acceptors (Lipinski definition) is 8. The van der Waals surface area contributed by atoms with Crippen LogP contribution in [-0.4, -0.2) is 41.6 Å². The minimum atomic E-state index is -0.922. The van der Waals surface area contributed by atoms with Gasteiger partial charge >= 0.3 is 5.91 Å². The molecule has 8 nitrogen and oxygen atoms in total.